The molecule has 0 bridgehead atoms. The zero-order valence-corrected chi connectivity index (χ0v) is 16.3. The number of carbonyl (C=O) groups excluding carboxylic acids is 3. The molecule has 8 heteroatoms. The minimum absolute atomic E-state index is 0.0582. The van der Waals surface area contributed by atoms with E-state index in [2.05, 4.69) is 5.32 Å². The van der Waals surface area contributed by atoms with Crippen molar-refractivity contribution in [3.05, 3.63) is 64.7 Å². The Hall–Kier alpha value is -3.29. The van der Waals surface area contributed by atoms with Crippen molar-refractivity contribution in [3.8, 4) is 0 Å². The molecule has 1 unspecified atom stereocenters. The molecule has 1 heterocycles. The lowest BCUT2D eigenvalue weighted by molar-refractivity contribution is -0.134. The van der Waals surface area contributed by atoms with Crippen LogP contribution in [0.15, 0.2) is 36.4 Å². The van der Waals surface area contributed by atoms with Crippen molar-refractivity contribution in [1.29, 1.82) is 0 Å². The van der Waals surface area contributed by atoms with Gasteiger partial charge in [-0.15, -0.1) is 0 Å². The summed E-state index contributed by atoms with van der Waals surface area (Å²) in [7, 11) is 3.16. The highest BCUT2D eigenvalue weighted by molar-refractivity contribution is 5.98. The Kier molecular flexibility index (Phi) is 5.63. The number of amides is 3. The topological polar surface area (TPSA) is 69.7 Å². The second kappa shape index (κ2) is 7.98. The van der Waals surface area contributed by atoms with Gasteiger partial charge in [-0.2, -0.15) is 0 Å². The maximum absolute atomic E-state index is 14.2. The fraction of sp³-hybridized carbons (Fsp3) is 0.286. The van der Waals surface area contributed by atoms with Crippen LogP contribution in [0.5, 0.6) is 0 Å². The third kappa shape index (κ3) is 4.26. The van der Waals surface area contributed by atoms with Gasteiger partial charge in [0.2, 0.25) is 11.8 Å². The zero-order valence-electron chi connectivity index (χ0n) is 16.3. The van der Waals surface area contributed by atoms with Crippen molar-refractivity contribution >= 4 is 23.4 Å². The summed E-state index contributed by atoms with van der Waals surface area (Å²) in [4.78, 5) is 39.8. The summed E-state index contributed by atoms with van der Waals surface area (Å²) in [5.41, 5.74) is 1.87. The molecule has 1 atom stereocenters. The van der Waals surface area contributed by atoms with Crippen molar-refractivity contribution < 1.29 is 23.2 Å². The van der Waals surface area contributed by atoms with Gasteiger partial charge in [-0.05, 0) is 35.4 Å². The lowest BCUT2D eigenvalue weighted by Crippen LogP contribution is -2.52. The van der Waals surface area contributed by atoms with Crippen LogP contribution >= 0.6 is 0 Å². The second-order valence-electron chi connectivity index (χ2n) is 7.17. The minimum Gasteiger partial charge on any atom is -0.347 e. The summed E-state index contributed by atoms with van der Waals surface area (Å²) in [6.45, 7) is 1.45. The van der Waals surface area contributed by atoms with Crippen LogP contribution in [0.3, 0.4) is 0 Å². The Balaban J connectivity index is 2.01. The first-order valence-corrected chi connectivity index (χ1v) is 9.04. The van der Waals surface area contributed by atoms with Gasteiger partial charge in [-0.1, -0.05) is 6.07 Å². The molecule has 0 spiro atoms. The van der Waals surface area contributed by atoms with Crippen LogP contribution in [0.1, 0.15) is 28.4 Å². The molecule has 0 radical (unpaired) electrons. The third-order valence-corrected chi connectivity index (χ3v) is 4.81. The van der Waals surface area contributed by atoms with E-state index in [4.69, 9.17) is 0 Å². The summed E-state index contributed by atoms with van der Waals surface area (Å²) in [5, 5.41) is 2.68. The van der Waals surface area contributed by atoms with Gasteiger partial charge in [0.05, 0.1) is 5.56 Å². The van der Waals surface area contributed by atoms with Crippen LogP contribution in [-0.2, 0) is 22.6 Å². The lowest BCUT2D eigenvalue weighted by atomic mass is 9.92. The van der Waals surface area contributed by atoms with E-state index in [0.29, 0.717) is 11.8 Å². The van der Waals surface area contributed by atoms with Gasteiger partial charge in [-0.3, -0.25) is 14.4 Å². The summed E-state index contributed by atoms with van der Waals surface area (Å²) in [6.07, 6.45) is 0.251. The van der Waals surface area contributed by atoms with E-state index in [1.54, 1.807) is 32.3 Å². The van der Waals surface area contributed by atoms with Crippen LogP contribution in [0.25, 0.3) is 0 Å². The van der Waals surface area contributed by atoms with Crippen molar-refractivity contribution in [1.82, 2.24) is 9.80 Å². The number of hydrogen-bond donors (Lipinski definition) is 1. The quantitative estimate of drug-likeness (QED) is 0.860. The first-order valence-electron chi connectivity index (χ1n) is 9.04. The summed E-state index contributed by atoms with van der Waals surface area (Å²) in [6, 6.07) is 7.17. The predicted molar refractivity (Wildman–Crippen MR) is 103 cm³/mol. The largest absolute Gasteiger partial charge is 0.347 e. The number of benzene rings is 2. The van der Waals surface area contributed by atoms with Crippen LogP contribution < -0.4 is 5.32 Å². The van der Waals surface area contributed by atoms with E-state index in [0.717, 1.165) is 23.3 Å². The SMILES string of the molecule is CC(=O)Nc1ccc2c(c1)CN(C(=O)c1ccc(F)cc1F)C(C(=O)N(C)C)C2. The second-order valence-corrected chi connectivity index (χ2v) is 7.17. The Labute approximate surface area is 167 Å². The van der Waals surface area contributed by atoms with Gasteiger partial charge < -0.3 is 15.1 Å². The number of fused-ring (bicyclic) bond motifs is 1. The van der Waals surface area contributed by atoms with Gasteiger partial charge in [0.25, 0.3) is 5.91 Å². The highest BCUT2D eigenvalue weighted by atomic mass is 19.1. The van der Waals surface area contributed by atoms with E-state index in [9.17, 15) is 23.2 Å². The molecule has 0 fully saturated rings. The number of halogens is 2. The number of likely N-dealkylation sites (N-methyl/N-ethyl adjacent to an activating group) is 1. The summed E-state index contributed by atoms with van der Waals surface area (Å²) < 4.78 is 27.5. The molecule has 152 valence electrons. The average Bonchev–Trinajstić information content (AvgIpc) is 2.65. The molecule has 3 amide bonds. The highest BCUT2D eigenvalue weighted by Crippen LogP contribution is 2.29. The van der Waals surface area contributed by atoms with Crippen molar-refractivity contribution in [2.24, 2.45) is 0 Å². The van der Waals surface area contributed by atoms with Crippen LogP contribution in [0.4, 0.5) is 14.5 Å². The first-order chi connectivity index (χ1) is 13.7. The lowest BCUT2D eigenvalue weighted by Gasteiger charge is -2.37. The molecule has 29 heavy (non-hydrogen) atoms. The minimum atomic E-state index is -0.983. The van der Waals surface area contributed by atoms with Crippen molar-refractivity contribution in [2.75, 3.05) is 19.4 Å². The maximum Gasteiger partial charge on any atom is 0.257 e. The Bertz CT molecular complexity index is 991. The molecule has 1 aliphatic heterocycles. The summed E-state index contributed by atoms with van der Waals surface area (Å²) >= 11 is 0. The van der Waals surface area contributed by atoms with Gasteiger partial charge in [0.1, 0.15) is 17.7 Å². The van der Waals surface area contributed by atoms with E-state index >= 15 is 0 Å². The Morgan fingerprint density at radius 2 is 1.79 bits per heavy atom. The molecule has 0 saturated carbocycles. The molecule has 1 aliphatic rings. The Morgan fingerprint density at radius 3 is 2.41 bits per heavy atom. The molecule has 1 N–H and O–H groups in total. The smallest absolute Gasteiger partial charge is 0.257 e. The first kappa shape index (κ1) is 20.4. The van der Waals surface area contributed by atoms with Gasteiger partial charge in [-0.25, -0.2) is 8.78 Å². The normalized spacial score (nSPS) is 15.5. The molecular weight excluding hydrogens is 380 g/mol. The zero-order chi connectivity index (χ0) is 21.3. The molecule has 2 aromatic rings. The van der Waals surface area contributed by atoms with Crippen molar-refractivity contribution in [3.63, 3.8) is 0 Å². The van der Waals surface area contributed by atoms with E-state index in [1.165, 1.54) is 16.7 Å². The number of hydrogen-bond acceptors (Lipinski definition) is 3. The number of anilines is 1. The fourth-order valence-electron chi connectivity index (χ4n) is 3.42. The van der Waals surface area contributed by atoms with Gasteiger partial charge >= 0.3 is 0 Å². The van der Waals surface area contributed by atoms with Gasteiger partial charge in [0.15, 0.2) is 0 Å². The average molecular weight is 401 g/mol. The summed E-state index contributed by atoms with van der Waals surface area (Å²) in [5.74, 6) is -2.99. The number of nitrogens with one attached hydrogen (secondary N) is 1. The van der Waals surface area contributed by atoms with Crippen molar-refractivity contribution in [2.45, 2.75) is 25.9 Å². The number of nitrogens with zero attached hydrogens (tertiary/aromatic N) is 2. The molecule has 2 aromatic carbocycles. The van der Waals surface area contributed by atoms with Crippen LogP contribution in [0, 0.1) is 11.6 Å². The van der Waals surface area contributed by atoms with Crippen LogP contribution in [-0.4, -0.2) is 47.7 Å². The van der Waals surface area contributed by atoms with Crippen LogP contribution in [0.2, 0.25) is 0 Å². The number of carbonyl (C=O) groups is 3. The Morgan fingerprint density at radius 1 is 1.07 bits per heavy atom. The monoisotopic (exact) mass is 401 g/mol. The molecular formula is C21H21F2N3O3. The fourth-order valence-corrected chi connectivity index (χ4v) is 3.42. The maximum atomic E-state index is 14.2. The molecule has 0 aliphatic carbocycles. The molecule has 0 aromatic heterocycles. The molecule has 0 saturated heterocycles. The van der Waals surface area contributed by atoms with E-state index in [-0.39, 0.29) is 30.3 Å². The number of rotatable bonds is 3. The van der Waals surface area contributed by atoms with E-state index < -0.39 is 23.6 Å². The highest BCUT2D eigenvalue weighted by Gasteiger charge is 2.36. The van der Waals surface area contributed by atoms with E-state index in [1.807, 2.05) is 0 Å². The van der Waals surface area contributed by atoms with Gasteiger partial charge in [0, 0.05) is 45.7 Å². The predicted octanol–water partition coefficient (Wildman–Crippen LogP) is 2.58. The molecule has 6 nitrogen and oxygen atoms in total. The molecule has 3 rings (SSSR count). The standard InChI is InChI=1S/C21H21F2N3O3/c1-12(27)24-16-6-4-13-9-19(21(29)25(2)3)26(11-14(13)8-16)20(28)17-7-5-15(22)10-18(17)23/h4-8,10,19H,9,11H2,1-3H3,(H,24,27). The third-order valence-electron chi connectivity index (χ3n) is 4.81.